The number of aromatic nitrogens is 2. The second kappa shape index (κ2) is 6.01. The largest absolute Gasteiger partial charge is 0.487 e. The third kappa shape index (κ3) is 3.23. The maximum Gasteiger partial charge on any atom is 0.255 e. The summed E-state index contributed by atoms with van der Waals surface area (Å²) in [5, 5.41) is 0. The lowest BCUT2D eigenvalue weighted by Crippen LogP contribution is -2.13. The summed E-state index contributed by atoms with van der Waals surface area (Å²) in [5.74, 6) is 0.481. The molecular formula is C14H15N3O3. The first-order valence-corrected chi connectivity index (χ1v) is 6.11. The molecule has 104 valence electrons. The second-order valence-corrected chi connectivity index (χ2v) is 4.32. The van der Waals surface area contributed by atoms with Crippen LogP contribution in [0.4, 0.5) is 0 Å². The van der Waals surface area contributed by atoms with Crippen LogP contribution in [0.5, 0.6) is 17.4 Å². The fraction of sp³-hybridized carbons (Fsp3) is 0.214. The van der Waals surface area contributed by atoms with Gasteiger partial charge in [-0.05, 0) is 26.0 Å². The molecule has 1 aromatic heterocycles. The van der Waals surface area contributed by atoms with Gasteiger partial charge in [0.25, 0.3) is 5.91 Å². The van der Waals surface area contributed by atoms with Gasteiger partial charge in [-0.15, -0.1) is 0 Å². The number of hydrogen-bond donors (Lipinski definition) is 1. The summed E-state index contributed by atoms with van der Waals surface area (Å²) < 4.78 is 11.3. The van der Waals surface area contributed by atoms with Crippen molar-refractivity contribution in [1.29, 1.82) is 0 Å². The monoisotopic (exact) mass is 273 g/mol. The van der Waals surface area contributed by atoms with Crippen LogP contribution in [-0.2, 0) is 0 Å². The average molecular weight is 273 g/mol. The quantitative estimate of drug-likeness (QED) is 0.901. The molecule has 0 unspecified atom stereocenters. The van der Waals surface area contributed by atoms with Crippen molar-refractivity contribution in [3.63, 3.8) is 0 Å². The predicted molar refractivity (Wildman–Crippen MR) is 72.8 cm³/mol. The first-order chi connectivity index (χ1) is 9.58. The highest BCUT2D eigenvalue weighted by Gasteiger charge is 2.14. The Morgan fingerprint density at radius 3 is 2.60 bits per heavy atom. The maximum absolute atomic E-state index is 11.3. The average Bonchev–Trinajstić information content (AvgIpc) is 2.41. The molecule has 0 fully saturated rings. The van der Waals surface area contributed by atoms with Gasteiger partial charge in [0.2, 0.25) is 5.88 Å². The SMILES string of the molecule is CC(C)Oc1ccccc1Oc1ncncc1C(N)=O. The highest BCUT2D eigenvalue weighted by Crippen LogP contribution is 2.32. The van der Waals surface area contributed by atoms with E-state index in [0.29, 0.717) is 11.5 Å². The fourth-order valence-corrected chi connectivity index (χ4v) is 1.56. The van der Waals surface area contributed by atoms with Crippen molar-refractivity contribution in [3.8, 4) is 17.4 Å². The number of benzene rings is 1. The number of ether oxygens (including phenoxy) is 2. The Balaban J connectivity index is 2.33. The van der Waals surface area contributed by atoms with Gasteiger partial charge in [-0.25, -0.2) is 9.97 Å². The molecule has 0 atom stereocenters. The van der Waals surface area contributed by atoms with E-state index in [4.69, 9.17) is 15.2 Å². The number of primary amides is 1. The molecule has 0 saturated carbocycles. The molecule has 2 aromatic rings. The lowest BCUT2D eigenvalue weighted by molar-refractivity contribution is 0.0996. The summed E-state index contributed by atoms with van der Waals surface area (Å²) in [6.45, 7) is 3.83. The first kappa shape index (κ1) is 13.8. The molecule has 2 rings (SSSR count). The van der Waals surface area contributed by atoms with Gasteiger partial charge in [-0.1, -0.05) is 12.1 Å². The molecule has 20 heavy (non-hydrogen) atoms. The number of carbonyl (C=O) groups excluding carboxylic acids is 1. The van der Waals surface area contributed by atoms with Crippen LogP contribution in [0.2, 0.25) is 0 Å². The van der Waals surface area contributed by atoms with E-state index in [-0.39, 0.29) is 17.5 Å². The Bertz CT molecular complexity index is 614. The molecule has 0 saturated heterocycles. The standard InChI is InChI=1S/C14H15N3O3/c1-9(2)19-11-5-3-4-6-12(11)20-14-10(13(15)18)7-16-8-17-14/h3-9H,1-2H3,(H2,15,18). The van der Waals surface area contributed by atoms with Crippen molar-refractivity contribution in [1.82, 2.24) is 9.97 Å². The van der Waals surface area contributed by atoms with E-state index in [0.717, 1.165) is 0 Å². The van der Waals surface area contributed by atoms with Crippen LogP contribution >= 0.6 is 0 Å². The molecule has 1 heterocycles. The van der Waals surface area contributed by atoms with Crippen molar-refractivity contribution in [2.24, 2.45) is 5.73 Å². The highest BCUT2D eigenvalue weighted by molar-refractivity contribution is 5.94. The molecule has 6 nitrogen and oxygen atoms in total. The normalized spacial score (nSPS) is 10.3. The van der Waals surface area contributed by atoms with Crippen molar-refractivity contribution in [3.05, 3.63) is 42.4 Å². The van der Waals surface area contributed by atoms with Gasteiger partial charge in [0.05, 0.1) is 6.10 Å². The van der Waals surface area contributed by atoms with E-state index >= 15 is 0 Å². The van der Waals surface area contributed by atoms with Crippen LogP contribution in [0.1, 0.15) is 24.2 Å². The third-order valence-electron chi connectivity index (χ3n) is 2.36. The minimum atomic E-state index is -0.650. The Labute approximate surface area is 116 Å². The number of rotatable bonds is 5. The molecule has 0 spiro atoms. The van der Waals surface area contributed by atoms with Gasteiger partial charge in [-0.2, -0.15) is 0 Å². The maximum atomic E-state index is 11.3. The van der Waals surface area contributed by atoms with Gasteiger partial charge in [-0.3, -0.25) is 4.79 Å². The van der Waals surface area contributed by atoms with Gasteiger partial charge >= 0.3 is 0 Å². The molecule has 0 aliphatic carbocycles. The Morgan fingerprint density at radius 2 is 1.95 bits per heavy atom. The van der Waals surface area contributed by atoms with E-state index in [1.165, 1.54) is 12.5 Å². The van der Waals surface area contributed by atoms with Crippen molar-refractivity contribution >= 4 is 5.91 Å². The van der Waals surface area contributed by atoms with Crippen LogP contribution in [0.25, 0.3) is 0 Å². The first-order valence-electron chi connectivity index (χ1n) is 6.11. The van der Waals surface area contributed by atoms with Crippen LogP contribution in [0.3, 0.4) is 0 Å². The Kier molecular flexibility index (Phi) is 4.14. The summed E-state index contributed by atoms with van der Waals surface area (Å²) in [4.78, 5) is 19.0. The lowest BCUT2D eigenvalue weighted by atomic mass is 10.3. The summed E-state index contributed by atoms with van der Waals surface area (Å²) in [7, 11) is 0. The smallest absolute Gasteiger partial charge is 0.255 e. The summed E-state index contributed by atoms with van der Waals surface area (Å²) in [5.41, 5.74) is 5.37. The van der Waals surface area contributed by atoms with Crippen LogP contribution in [0, 0.1) is 0 Å². The van der Waals surface area contributed by atoms with Crippen molar-refractivity contribution < 1.29 is 14.3 Å². The number of carbonyl (C=O) groups is 1. The third-order valence-corrected chi connectivity index (χ3v) is 2.36. The zero-order valence-corrected chi connectivity index (χ0v) is 11.2. The van der Waals surface area contributed by atoms with E-state index in [1.54, 1.807) is 18.2 Å². The van der Waals surface area contributed by atoms with Gasteiger partial charge in [0.15, 0.2) is 11.5 Å². The topological polar surface area (TPSA) is 87.3 Å². The van der Waals surface area contributed by atoms with Crippen LogP contribution < -0.4 is 15.2 Å². The Morgan fingerprint density at radius 1 is 1.25 bits per heavy atom. The molecule has 6 heteroatoms. The molecule has 2 N–H and O–H groups in total. The number of nitrogens with two attached hydrogens (primary N) is 1. The van der Waals surface area contributed by atoms with E-state index in [1.807, 2.05) is 19.9 Å². The number of para-hydroxylation sites is 2. The molecule has 0 bridgehead atoms. The zero-order valence-electron chi connectivity index (χ0n) is 11.2. The molecule has 0 radical (unpaired) electrons. The molecule has 1 amide bonds. The van der Waals surface area contributed by atoms with Gasteiger partial charge in [0, 0.05) is 6.20 Å². The van der Waals surface area contributed by atoms with Crippen molar-refractivity contribution in [2.45, 2.75) is 20.0 Å². The molecule has 1 aromatic carbocycles. The van der Waals surface area contributed by atoms with E-state index < -0.39 is 5.91 Å². The summed E-state index contributed by atoms with van der Waals surface area (Å²) >= 11 is 0. The highest BCUT2D eigenvalue weighted by atomic mass is 16.5. The summed E-state index contributed by atoms with van der Waals surface area (Å²) in [6, 6.07) is 7.14. The number of hydrogen-bond acceptors (Lipinski definition) is 5. The van der Waals surface area contributed by atoms with Gasteiger partial charge in [0.1, 0.15) is 11.9 Å². The molecule has 0 aliphatic rings. The molecular weight excluding hydrogens is 258 g/mol. The van der Waals surface area contributed by atoms with Gasteiger partial charge < -0.3 is 15.2 Å². The predicted octanol–water partition coefficient (Wildman–Crippen LogP) is 2.15. The van der Waals surface area contributed by atoms with Crippen molar-refractivity contribution in [2.75, 3.05) is 0 Å². The minimum absolute atomic E-state index is 0.000704. The van der Waals surface area contributed by atoms with Crippen LogP contribution in [0.15, 0.2) is 36.8 Å². The van der Waals surface area contributed by atoms with E-state index in [9.17, 15) is 4.79 Å². The second-order valence-electron chi connectivity index (χ2n) is 4.32. The lowest BCUT2D eigenvalue weighted by Gasteiger charge is -2.14. The zero-order chi connectivity index (χ0) is 14.5. The fourth-order valence-electron chi connectivity index (χ4n) is 1.56. The number of amides is 1. The van der Waals surface area contributed by atoms with E-state index in [2.05, 4.69) is 9.97 Å². The summed E-state index contributed by atoms with van der Waals surface area (Å²) in [6.07, 6.45) is 2.60. The number of nitrogens with zero attached hydrogens (tertiary/aromatic N) is 2. The minimum Gasteiger partial charge on any atom is -0.487 e. The van der Waals surface area contributed by atoms with Crippen LogP contribution in [-0.4, -0.2) is 22.0 Å². The molecule has 0 aliphatic heterocycles. The Hall–Kier alpha value is -2.63.